The van der Waals surface area contributed by atoms with Gasteiger partial charge in [-0.05, 0) is 55.7 Å². The number of hydrogen-bond acceptors (Lipinski definition) is 1. The molecule has 0 spiro atoms. The molecule has 0 radical (unpaired) electrons. The molecule has 1 aromatic carbocycles. The van der Waals surface area contributed by atoms with E-state index in [9.17, 15) is 0 Å². The van der Waals surface area contributed by atoms with Gasteiger partial charge in [-0.15, -0.1) is 0 Å². The number of halogens is 1. The SMILES string of the molecule is CCCNC(Cc1ccccc1Cl)C1CCCC(C)C1. The van der Waals surface area contributed by atoms with Gasteiger partial charge in [-0.25, -0.2) is 0 Å². The molecule has 1 aliphatic carbocycles. The van der Waals surface area contributed by atoms with Crippen LogP contribution in [-0.4, -0.2) is 12.6 Å². The van der Waals surface area contributed by atoms with E-state index in [4.69, 9.17) is 11.6 Å². The lowest BCUT2D eigenvalue weighted by molar-refractivity contribution is 0.221. The van der Waals surface area contributed by atoms with Crippen LogP contribution in [-0.2, 0) is 6.42 Å². The number of rotatable bonds is 6. The van der Waals surface area contributed by atoms with Crippen LogP contribution in [0.15, 0.2) is 24.3 Å². The van der Waals surface area contributed by atoms with Gasteiger partial charge < -0.3 is 5.32 Å². The molecule has 0 aromatic heterocycles. The van der Waals surface area contributed by atoms with E-state index in [2.05, 4.69) is 31.3 Å². The van der Waals surface area contributed by atoms with Crippen molar-refractivity contribution < 1.29 is 0 Å². The summed E-state index contributed by atoms with van der Waals surface area (Å²) in [5.41, 5.74) is 1.29. The lowest BCUT2D eigenvalue weighted by atomic mass is 9.77. The molecule has 0 saturated heterocycles. The van der Waals surface area contributed by atoms with Crippen molar-refractivity contribution in [2.24, 2.45) is 11.8 Å². The van der Waals surface area contributed by atoms with Crippen molar-refractivity contribution in [3.8, 4) is 0 Å². The fourth-order valence-electron chi connectivity index (χ4n) is 3.48. The molecule has 20 heavy (non-hydrogen) atoms. The molecule has 0 bridgehead atoms. The van der Waals surface area contributed by atoms with E-state index in [0.717, 1.165) is 29.8 Å². The van der Waals surface area contributed by atoms with Crippen molar-refractivity contribution in [2.45, 2.75) is 58.4 Å². The minimum Gasteiger partial charge on any atom is -0.313 e. The molecule has 1 aliphatic rings. The van der Waals surface area contributed by atoms with Gasteiger partial charge >= 0.3 is 0 Å². The normalized spacial score (nSPS) is 24.6. The van der Waals surface area contributed by atoms with Crippen LogP contribution in [0, 0.1) is 11.8 Å². The summed E-state index contributed by atoms with van der Waals surface area (Å²) in [5.74, 6) is 1.69. The second-order valence-corrected chi connectivity index (χ2v) is 6.80. The monoisotopic (exact) mass is 293 g/mol. The Labute approximate surface area is 129 Å². The first-order valence-corrected chi connectivity index (χ1v) is 8.55. The molecule has 3 atom stereocenters. The summed E-state index contributed by atoms with van der Waals surface area (Å²) in [5, 5.41) is 4.69. The summed E-state index contributed by atoms with van der Waals surface area (Å²) in [7, 11) is 0. The van der Waals surface area contributed by atoms with Crippen molar-refractivity contribution in [3.63, 3.8) is 0 Å². The lowest BCUT2D eigenvalue weighted by Crippen LogP contribution is -2.40. The molecular weight excluding hydrogens is 266 g/mol. The molecule has 1 N–H and O–H groups in total. The van der Waals surface area contributed by atoms with Crippen LogP contribution in [0.2, 0.25) is 5.02 Å². The maximum Gasteiger partial charge on any atom is 0.0438 e. The Morgan fingerprint density at radius 3 is 2.80 bits per heavy atom. The Hall–Kier alpha value is -0.530. The maximum atomic E-state index is 6.34. The molecule has 1 nitrogen and oxygen atoms in total. The first-order valence-electron chi connectivity index (χ1n) is 8.17. The number of nitrogens with one attached hydrogen (secondary N) is 1. The highest BCUT2D eigenvalue weighted by molar-refractivity contribution is 6.31. The third kappa shape index (κ3) is 4.49. The number of hydrogen-bond donors (Lipinski definition) is 1. The van der Waals surface area contributed by atoms with Crippen LogP contribution in [0.25, 0.3) is 0 Å². The van der Waals surface area contributed by atoms with E-state index in [1.807, 2.05) is 12.1 Å². The van der Waals surface area contributed by atoms with E-state index < -0.39 is 0 Å². The number of benzene rings is 1. The molecule has 0 heterocycles. The largest absolute Gasteiger partial charge is 0.313 e. The molecule has 2 rings (SSSR count). The summed E-state index contributed by atoms with van der Waals surface area (Å²) in [6.45, 7) is 5.75. The molecule has 1 aromatic rings. The molecule has 0 amide bonds. The van der Waals surface area contributed by atoms with Crippen molar-refractivity contribution in [1.29, 1.82) is 0 Å². The predicted octanol–water partition coefficient (Wildman–Crippen LogP) is 5.08. The highest BCUT2D eigenvalue weighted by Gasteiger charge is 2.26. The maximum absolute atomic E-state index is 6.34. The van der Waals surface area contributed by atoms with Gasteiger partial charge in [0.1, 0.15) is 0 Å². The van der Waals surface area contributed by atoms with E-state index in [1.54, 1.807) is 0 Å². The minimum absolute atomic E-state index is 0.581. The Bertz CT molecular complexity index is 404. The second-order valence-electron chi connectivity index (χ2n) is 6.39. The smallest absolute Gasteiger partial charge is 0.0438 e. The molecule has 1 fully saturated rings. The molecule has 2 heteroatoms. The van der Waals surface area contributed by atoms with E-state index in [1.165, 1.54) is 37.7 Å². The van der Waals surface area contributed by atoms with Crippen molar-refractivity contribution in [1.82, 2.24) is 5.32 Å². The van der Waals surface area contributed by atoms with Gasteiger partial charge in [-0.3, -0.25) is 0 Å². The van der Waals surface area contributed by atoms with Crippen LogP contribution in [0.5, 0.6) is 0 Å². The van der Waals surface area contributed by atoms with Gasteiger partial charge in [0, 0.05) is 11.1 Å². The molecule has 1 saturated carbocycles. The van der Waals surface area contributed by atoms with E-state index in [0.29, 0.717) is 6.04 Å². The van der Waals surface area contributed by atoms with E-state index in [-0.39, 0.29) is 0 Å². The average molecular weight is 294 g/mol. The van der Waals surface area contributed by atoms with Gasteiger partial charge in [0.25, 0.3) is 0 Å². The topological polar surface area (TPSA) is 12.0 Å². The van der Waals surface area contributed by atoms with Crippen LogP contribution in [0.3, 0.4) is 0 Å². The standard InChI is InChI=1S/C18H28ClN/c1-3-11-20-18(16-9-6-7-14(2)12-16)13-15-8-4-5-10-17(15)19/h4-5,8,10,14,16,18,20H,3,6-7,9,11-13H2,1-2H3. The highest BCUT2D eigenvalue weighted by atomic mass is 35.5. The summed E-state index contributed by atoms with van der Waals surface area (Å²) in [6, 6.07) is 8.88. The minimum atomic E-state index is 0.581. The van der Waals surface area contributed by atoms with Crippen LogP contribution in [0.1, 0.15) is 51.5 Å². The Kier molecular flexibility index (Phi) is 6.38. The quantitative estimate of drug-likeness (QED) is 0.771. The van der Waals surface area contributed by atoms with Gasteiger partial charge in [0.2, 0.25) is 0 Å². The Morgan fingerprint density at radius 2 is 2.10 bits per heavy atom. The van der Waals surface area contributed by atoms with Crippen LogP contribution < -0.4 is 5.32 Å². The zero-order valence-corrected chi connectivity index (χ0v) is 13.6. The predicted molar refractivity (Wildman–Crippen MR) is 88.4 cm³/mol. The summed E-state index contributed by atoms with van der Waals surface area (Å²) in [6.07, 6.45) is 7.79. The third-order valence-electron chi connectivity index (χ3n) is 4.60. The van der Waals surface area contributed by atoms with Gasteiger partial charge in [0.15, 0.2) is 0 Å². The van der Waals surface area contributed by atoms with Crippen molar-refractivity contribution >= 4 is 11.6 Å². The van der Waals surface area contributed by atoms with Crippen molar-refractivity contribution in [2.75, 3.05) is 6.54 Å². The summed E-state index contributed by atoms with van der Waals surface area (Å²) in [4.78, 5) is 0. The second kappa shape index (κ2) is 8.05. The summed E-state index contributed by atoms with van der Waals surface area (Å²) >= 11 is 6.34. The first kappa shape index (κ1) is 15.9. The van der Waals surface area contributed by atoms with Gasteiger partial charge in [-0.2, -0.15) is 0 Å². The van der Waals surface area contributed by atoms with Crippen LogP contribution in [0.4, 0.5) is 0 Å². The van der Waals surface area contributed by atoms with Crippen LogP contribution >= 0.6 is 11.6 Å². The molecular formula is C18H28ClN. The van der Waals surface area contributed by atoms with Crippen molar-refractivity contribution in [3.05, 3.63) is 34.9 Å². The van der Waals surface area contributed by atoms with Gasteiger partial charge in [-0.1, -0.05) is 56.5 Å². The van der Waals surface area contributed by atoms with Gasteiger partial charge in [0.05, 0.1) is 0 Å². The zero-order valence-electron chi connectivity index (χ0n) is 12.9. The third-order valence-corrected chi connectivity index (χ3v) is 4.97. The fourth-order valence-corrected chi connectivity index (χ4v) is 3.70. The highest BCUT2D eigenvalue weighted by Crippen LogP contribution is 2.32. The Balaban J connectivity index is 2.04. The molecule has 0 aliphatic heterocycles. The fraction of sp³-hybridized carbons (Fsp3) is 0.667. The average Bonchev–Trinajstić information content (AvgIpc) is 2.45. The summed E-state index contributed by atoms with van der Waals surface area (Å²) < 4.78 is 0. The first-order chi connectivity index (χ1) is 9.70. The Morgan fingerprint density at radius 1 is 1.30 bits per heavy atom. The van der Waals surface area contributed by atoms with E-state index >= 15 is 0 Å². The molecule has 3 unspecified atom stereocenters. The molecule has 112 valence electrons. The lowest BCUT2D eigenvalue weighted by Gasteiger charge is -2.34. The zero-order chi connectivity index (χ0) is 14.4.